The van der Waals surface area contributed by atoms with Crippen LogP contribution in [0.4, 0.5) is 0 Å². The standard InChI is InChI=1S/C7H15NO2/c1-5(4-6(9)10)7(2,3)8/h5H,4,8H2,1-3H3,(H,9,10). The van der Waals surface area contributed by atoms with Crippen molar-refractivity contribution in [2.45, 2.75) is 32.7 Å². The van der Waals surface area contributed by atoms with Crippen molar-refractivity contribution in [3.8, 4) is 0 Å². The van der Waals surface area contributed by atoms with E-state index in [1.54, 1.807) is 0 Å². The second kappa shape index (κ2) is 3.01. The fraction of sp³-hybridized carbons (Fsp3) is 0.857. The molecule has 3 heteroatoms. The Labute approximate surface area is 61.2 Å². The Morgan fingerprint density at radius 1 is 1.70 bits per heavy atom. The van der Waals surface area contributed by atoms with Crippen molar-refractivity contribution in [2.75, 3.05) is 0 Å². The lowest BCUT2D eigenvalue weighted by molar-refractivity contribution is -0.138. The van der Waals surface area contributed by atoms with E-state index in [0.29, 0.717) is 0 Å². The van der Waals surface area contributed by atoms with E-state index in [4.69, 9.17) is 10.8 Å². The average molecular weight is 145 g/mol. The highest BCUT2D eigenvalue weighted by molar-refractivity contribution is 5.67. The van der Waals surface area contributed by atoms with Crippen LogP contribution in [0.1, 0.15) is 27.2 Å². The number of hydrogen-bond donors (Lipinski definition) is 2. The summed E-state index contributed by atoms with van der Waals surface area (Å²) in [7, 11) is 0. The van der Waals surface area contributed by atoms with Crippen LogP contribution in [-0.4, -0.2) is 16.6 Å². The molecule has 0 saturated carbocycles. The summed E-state index contributed by atoms with van der Waals surface area (Å²) in [4.78, 5) is 10.2. The molecule has 0 rings (SSSR count). The Bertz CT molecular complexity index is 126. The van der Waals surface area contributed by atoms with Gasteiger partial charge >= 0.3 is 5.97 Å². The zero-order chi connectivity index (χ0) is 8.36. The van der Waals surface area contributed by atoms with Crippen molar-refractivity contribution < 1.29 is 9.90 Å². The minimum Gasteiger partial charge on any atom is -0.481 e. The second-order valence-corrected chi connectivity index (χ2v) is 3.32. The summed E-state index contributed by atoms with van der Waals surface area (Å²) in [5.74, 6) is -0.768. The molecule has 0 saturated heterocycles. The Hall–Kier alpha value is -0.570. The first kappa shape index (κ1) is 9.43. The van der Waals surface area contributed by atoms with E-state index < -0.39 is 11.5 Å². The molecule has 0 radical (unpaired) electrons. The van der Waals surface area contributed by atoms with E-state index in [0.717, 1.165) is 0 Å². The predicted octanol–water partition coefficient (Wildman–Crippen LogP) is 0.835. The number of hydrogen-bond acceptors (Lipinski definition) is 2. The van der Waals surface area contributed by atoms with E-state index in [9.17, 15) is 4.79 Å². The van der Waals surface area contributed by atoms with Crippen LogP contribution in [0.15, 0.2) is 0 Å². The molecule has 0 amide bonds. The Kier molecular flexibility index (Phi) is 2.84. The van der Waals surface area contributed by atoms with Gasteiger partial charge in [0.2, 0.25) is 0 Å². The number of rotatable bonds is 3. The lowest BCUT2D eigenvalue weighted by Gasteiger charge is -2.25. The van der Waals surface area contributed by atoms with Gasteiger partial charge in [0.05, 0.1) is 0 Å². The Morgan fingerprint density at radius 3 is 2.20 bits per heavy atom. The first-order chi connectivity index (χ1) is 4.34. The zero-order valence-corrected chi connectivity index (χ0v) is 6.72. The third-order valence-corrected chi connectivity index (χ3v) is 1.75. The van der Waals surface area contributed by atoms with Gasteiger partial charge in [0.25, 0.3) is 0 Å². The van der Waals surface area contributed by atoms with Crippen molar-refractivity contribution in [3.05, 3.63) is 0 Å². The molecule has 0 aromatic carbocycles. The van der Waals surface area contributed by atoms with Crippen molar-refractivity contribution in [1.82, 2.24) is 0 Å². The summed E-state index contributed by atoms with van der Waals surface area (Å²) in [6, 6.07) is 0. The quantitative estimate of drug-likeness (QED) is 0.618. The molecule has 0 aliphatic heterocycles. The topological polar surface area (TPSA) is 63.3 Å². The third kappa shape index (κ3) is 3.45. The van der Waals surface area contributed by atoms with Crippen LogP contribution < -0.4 is 5.73 Å². The van der Waals surface area contributed by atoms with Gasteiger partial charge in [-0.15, -0.1) is 0 Å². The molecule has 0 fully saturated rings. The van der Waals surface area contributed by atoms with Crippen LogP contribution in [0.5, 0.6) is 0 Å². The molecule has 0 aliphatic carbocycles. The maximum absolute atomic E-state index is 10.2. The first-order valence-corrected chi connectivity index (χ1v) is 3.34. The van der Waals surface area contributed by atoms with Gasteiger partial charge in [-0.3, -0.25) is 4.79 Å². The minimum atomic E-state index is -0.786. The van der Waals surface area contributed by atoms with E-state index in [1.807, 2.05) is 20.8 Å². The summed E-state index contributed by atoms with van der Waals surface area (Å²) in [6.45, 7) is 5.51. The predicted molar refractivity (Wildman–Crippen MR) is 39.7 cm³/mol. The van der Waals surface area contributed by atoms with Crippen LogP contribution in [-0.2, 0) is 4.79 Å². The fourth-order valence-corrected chi connectivity index (χ4v) is 0.525. The van der Waals surface area contributed by atoms with Gasteiger partial charge in [-0.1, -0.05) is 6.92 Å². The molecule has 0 aromatic rings. The van der Waals surface area contributed by atoms with E-state index in [1.165, 1.54) is 0 Å². The normalized spacial score (nSPS) is 14.8. The molecule has 1 unspecified atom stereocenters. The van der Waals surface area contributed by atoms with Gasteiger partial charge in [0.15, 0.2) is 0 Å². The van der Waals surface area contributed by atoms with Gasteiger partial charge in [-0.05, 0) is 19.8 Å². The molecule has 10 heavy (non-hydrogen) atoms. The minimum absolute atomic E-state index is 0.0185. The van der Waals surface area contributed by atoms with Gasteiger partial charge < -0.3 is 10.8 Å². The van der Waals surface area contributed by atoms with Crippen molar-refractivity contribution in [2.24, 2.45) is 11.7 Å². The van der Waals surface area contributed by atoms with Gasteiger partial charge in [0.1, 0.15) is 0 Å². The van der Waals surface area contributed by atoms with E-state index in [-0.39, 0.29) is 12.3 Å². The maximum atomic E-state index is 10.2. The summed E-state index contributed by atoms with van der Waals surface area (Å²) < 4.78 is 0. The molecule has 0 aromatic heterocycles. The van der Waals surface area contributed by atoms with E-state index in [2.05, 4.69) is 0 Å². The van der Waals surface area contributed by atoms with Crippen LogP contribution in [0.25, 0.3) is 0 Å². The van der Waals surface area contributed by atoms with Crippen LogP contribution in [0.3, 0.4) is 0 Å². The average Bonchev–Trinajstić information content (AvgIpc) is 1.60. The Morgan fingerprint density at radius 2 is 2.10 bits per heavy atom. The number of nitrogens with two attached hydrogens (primary N) is 1. The summed E-state index contributed by atoms with van der Waals surface area (Å²) in [5, 5.41) is 8.39. The van der Waals surface area contributed by atoms with Gasteiger partial charge in [-0.25, -0.2) is 0 Å². The summed E-state index contributed by atoms with van der Waals surface area (Å²) >= 11 is 0. The SMILES string of the molecule is CC(CC(=O)O)C(C)(C)N. The highest BCUT2D eigenvalue weighted by atomic mass is 16.4. The van der Waals surface area contributed by atoms with Gasteiger partial charge in [-0.2, -0.15) is 0 Å². The van der Waals surface area contributed by atoms with Crippen LogP contribution in [0, 0.1) is 5.92 Å². The number of aliphatic carboxylic acids is 1. The summed E-state index contributed by atoms with van der Waals surface area (Å²) in [6.07, 6.45) is 0.142. The van der Waals surface area contributed by atoms with Crippen LogP contribution >= 0.6 is 0 Å². The van der Waals surface area contributed by atoms with E-state index >= 15 is 0 Å². The molecule has 3 N–H and O–H groups in total. The lowest BCUT2D eigenvalue weighted by atomic mass is 9.88. The van der Waals surface area contributed by atoms with Crippen molar-refractivity contribution >= 4 is 5.97 Å². The first-order valence-electron chi connectivity index (χ1n) is 3.34. The molecule has 0 bridgehead atoms. The number of carboxylic acids is 1. The van der Waals surface area contributed by atoms with Crippen molar-refractivity contribution in [3.63, 3.8) is 0 Å². The Balaban J connectivity index is 3.85. The molecule has 1 atom stereocenters. The molecule has 0 heterocycles. The zero-order valence-electron chi connectivity index (χ0n) is 6.72. The molecule has 3 nitrogen and oxygen atoms in total. The molecule has 0 aliphatic rings. The lowest BCUT2D eigenvalue weighted by Crippen LogP contribution is -2.40. The smallest absolute Gasteiger partial charge is 0.303 e. The monoisotopic (exact) mass is 145 g/mol. The second-order valence-electron chi connectivity index (χ2n) is 3.32. The molecular formula is C7H15NO2. The third-order valence-electron chi connectivity index (χ3n) is 1.75. The van der Waals surface area contributed by atoms with Crippen molar-refractivity contribution in [1.29, 1.82) is 0 Å². The van der Waals surface area contributed by atoms with Crippen LogP contribution in [0.2, 0.25) is 0 Å². The highest BCUT2D eigenvalue weighted by Crippen LogP contribution is 2.15. The summed E-state index contributed by atoms with van der Waals surface area (Å²) in [5.41, 5.74) is 5.27. The molecule has 0 spiro atoms. The van der Waals surface area contributed by atoms with Gasteiger partial charge in [0, 0.05) is 12.0 Å². The largest absolute Gasteiger partial charge is 0.481 e. The molecular weight excluding hydrogens is 130 g/mol. The maximum Gasteiger partial charge on any atom is 0.303 e. The fourth-order valence-electron chi connectivity index (χ4n) is 0.525. The number of carboxylic acid groups (broad SMARTS) is 1. The molecule has 60 valence electrons. The highest BCUT2D eigenvalue weighted by Gasteiger charge is 2.22. The number of carbonyl (C=O) groups is 1.